The Hall–Kier alpha value is -1.84. The molecule has 0 spiro atoms. The number of hydrogen-bond acceptors (Lipinski definition) is 3. The van der Waals surface area contributed by atoms with E-state index in [1.807, 2.05) is 0 Å². The average Bonchev–Trinajstić information content (AvgIpc) is 2.64. The maximum absolute atomic E-state index is 5.86. The molecule has 1 aliphatic heterocycles. The van der Waals surface area contributed by atoms with Gasteiger partial charge in [0.15, 0.2) is 6.29 Å². The molecule has 3 rings (SSSR count). The third-order valence-corrected chi connectivity index (χ3v) is 4.10. The number of para-hydroxylation sites is 2. The fraction of sp³-hybridized carbons (Fsp3) is 0.400. The molecule has 0 amide bonds. The molecule has 0 aliphatic carbocycles. The smallest absolute Gasteiger partial charge is 0.157 e. The number of anilines is 2. The van der Waals surface area contributed by atoms with Gasteiger partial charge in [0.2, 0.25) is 0 Å². The molecule has 3 heteroatoms. The van der Waals surface area contributed by atoms with E-state index in [4.69, 9.17) is 9.47 Å². The first-order valence-corrected chi connectivity index (χ1v) is 8.54. The van der Waals surface area contributed by atoms with Gasteiger partial charge >= 0.3 is 0 Å². The van der Waals surface area contributed by atoms with Crippen molar-refractivity contribution in [1.82, 2.24) is 0 Å². The maximum Gasteiger partial charge on any atom is 0.157 e. The second-order valence-corrected chi connectivity index (χ2v) is 5.84. The maximum atomic E-state index is 5.86. The molecule has 1 unspecified atom stereocenters. The van der Waals surface area contributed by atoms with E-state index in [0.717, 1.165) is 39.0 Å². The summed E-state index contributed by atoms with van der Waals surface area (Å²) >= 11 is 0. The molecule has 0 N–H and O–H groups in total. The van der Waals surface area contributed by atoms with Crippen LogP contribution in [0.1, 0.15) is 25.7 Å². The third-order valence-electron chi connectivity index (χ3n) is 4.10. The first-order chi connectivity index (χ1) is 11.4. The highest BCUT2D eigenvalue weighted by molar-refractivity contribution is 5.62. The molecule has 1 atom stereocenters. The molecule has 1 heterocycles. The van der Waals surface area contributed by atoms with Gasteiger partial charge < -0.3 is 14.4 Å². The Morgan fingerprint density at radius 3 is 2.13 bits per heavy atom. The van der Waals surface area contributed by atoms with Crippen molar-refractivity contribution in [1.29, 1.82) is 0 Å². The van der Waals surface area contributed by atoms with E-state index in [-0.39, 0.29) is 6.29 Å². The van der Waals surface area contributed by atoms with Crippen molar-refractivity contribution in [3.63, 3.8) is 0 Å². The fourth-order valence-corrected chi connectivity index (χ4v) is 2.90. The monoisotopic (exact) mass is 311 g/mol. The summed E-state index contributed by atoms with van der Waals surface area (Å²) in [6.07, 6.45) is 4.39. The summed E-state index contributed by atoms with van der Waals surface area (Å²) in [4.78, 5) is 2.34. The van der Waals surface area contributed by atoms with E-state index in [1.165, 1.54) is 17.8 Å². The summed E-state index contributed by atoms with van der Waals surface area (Å²) in [7, 11) is 0. The van der Waals surface area contributed by atoms with Crippen LogP contribution in [-0.4, -0.2) is 26.0 Å². The molecule has 3 nitrogen and oxygen atoms in total. The van der Waals surface area contributed by atoms with E-state index in [1.54, 1.807) is 0 Å². The molecular formula is C20H25NO2. The van der Waals surface area contributed by atoms with Crippen molar-refractivity contribution in [2.75, 3.05) is 24.7 Å². The van der Waals surface area contributed by atoms with Crippen molar-refractivity contribution in [2.45, 2.75) is 32.0 Å². The van der Waals surface area contributed by atoms with Crippen LogP contribution in [-0.2, 0) is 9.47 Å². The highest BCUT2D eigenvalue weighted by atomic mass is 16.7. The highest BCUT2D eigenvalue weighted by Crippen LogP contribution is 2.25. The van der Waals surface area contributed by atoms with Crippen LogP contribution in [0.5, 0.6) is 0 Å². The van der Waals surface area contributed by atoms with Gasteiger partial charge in [-0.05, 0) is 49.9 Å². The van der Waals surface area contributed by atoms with Crippen LogP contribution in [0.15, 0.2) is 60.7 Å². The summed E-state index contributed by atoms with van der Waals surface area (Å²) < 4.78 is 11.5. The summed E-state index contributed by atoms with van der Waals surface area (Å²) in [5.74, 6) is 0. The summed E-state index contributed by atoms with van der Waals surface area (Å²) in [6, 6.07) is 21.0. The molecule has 1 fully saturated rings. The van der Waals surface area contributed by atoms with Gasteiger partial charge in [-0.1, -0.05) is 36.4 Å². The second-order valence-electron chi connectivity index (χ2n) is 5.84. The van der Waals surface area contributed by atoms with Crippen LogP contribution in [0.4, 0.5) is 11.4 Å². The lowest BCUT2D eigenvalue weighted by Gasteiger charge is -2.26. The predicted molar refractivity (Wildman–Crippen MR) is 94.1 cm³/mol. The minimum atomic E-state index is 0.00523. The third kappa shape index (κ3) is 4.81. The van der Waals surface area contributed by atoms with Gasteiger partial charge in [0.25, 0.3) is 0 Å². The molecule has 0 saturated carbocycles. The molecule has 0 bridgehead atoms. The number of hydrogen-bond donors (Lipinski definition) is 0. The van der Waals surface area contributed by atoms with Crippen molar-refractivity contribution < 1.29 is 9.47 Å². The number of nitrogens with zero attached hydrogens (tertiary/aromatic N) is 1. The van der Waals surface area contributed by atoms with E-state index >= 15 is 0 Å². The van der Waals surface area contributed by atoms with Gasteiger partial charge in [-0.2, -0.15) is 0 Å². The van der Waals surface area contributed by atoms with Crippen molar-refractivity contribution in [3.05, 3.63) is 60.7 Å². The first-order valence-electron chi connectivity index (χ1n) is 8.54. The zero-order valence-corrected chi connectivity index (χ0v) is 13.6. The van der Waals surface area contributed by atoms with Gasteiger partial charge in [0, 0.05) is 24.5 Å². The molecule has 2 aromatic carbocycles. The van der Waals surface area contributed by atoms with Gasteiger partial charge in [-0.3, -0.25) is 0 Å². The van der Waals surface area contributed by atoms with Crippen molar-refractivity contribution in [3.8, 4) is 0 Å². The average molecular weight is 311 g/mol. The van der Waals surface area contributed by atoms with E-state index in [2.05, 4.69) is 65.6 Å². The Kier molecular flexibility index (Phi) is 6.07. The van der Waals surface area contributed by atoms with Gasteiger partial charge in [0.05, 0.1) is 6.61 Å². The van der Waals surface area contributed by atoms with Crippen molar-refractivity contribution in [2.24, 2.45) is 0 Å². The molecule has 122 valence electrons. The molecular weight excluding hydrogens is 286 g/mol. The zero-order valence-electron chi connectivity index (χ0n) is 13.6. The minimum absolute atomic E-state index is 0.00523. The predicted octanol–water partition coefficient (Wildman–Crippen LogP) is 4.76. The Labute approximate surface area is 138 Å². The van der Waals surface area contributed by atoms with Crippen molar-refractivity contribution >= 4 is 11.4 Å². The molecule has 1 saturated heterocycles. The Morgan fingerprint density at radius 1 is 0.913 bits per heavy atom. The molecule has 0 radical (unpaired) electrons. The number of rotatable bonds is 7. The van der Waals surface area contributed by atoms with Gasteiger partial charge in [-0.15, -0.1) is 0 Å². The molecule has 1 aliphatic rings. The number of benzene rings is 2. The Balaban J connectivity index is 1.56. The van der Waals surface area contributed by atoms with Crippen LogP contribution in [0, 0.1) is 0 Å². The highest BCUT2D eigenvalue weighted by Gasteiger charge is 2.14. The second kappa shape index (κ2) is 8.70. The molecule has 23 heavy (non-hydrogen) atoms. The largest absolute Gasteiger partial charge is 0.353 e. The lowest BCUT2D eigenvalue weighted by molar-refractivity contribution is -0.162. The lowest BCUT2D eigenvalue weighted by Crippen LogP contribution is -2.25. The summed E-state index contributed by atoms with van der Waals surface area (Å²) in [5, 5.41) is 0. The zero-order chi connectivity index (χ0) is 15.7. The minimum Gasteiger partial charge on any atom is -0.353 e. The molecule has 2 aromatic rings. The van der Waals surface area contributed by atoms with E-state index in [9.17, 15) is 0 Å². The summed E-state index contributed by atoms with van der Waals surface area (Å²) in [5.41, 5.74) is 2.43. The Morgan fingerprint density at radius 2 is 1.57 bits per heavy atom. The Bertz CT molecular complexity index is 513. The van der Waals surface area contributed by atoms with Gasteiger partial charge in [-0.25, -0.2) is 0 Å². The fourth-order valence-electron chi connectivity index (χ4n) is 2.90. The van der Waals surface area contributed by atoms with Crippen LogP contribution < -0.4 is 4.90 Å². The summed E-state index contributed by atoms with van der Waals surface area (Å²) in [6.45, 7) is 2.51. The van der Waals surface area contributed by atoms with E-state index in [0.29, 0.717) is 0 Å². The van der Waals surface area contributed by atoms with E-state index < -0.39 is 0 Å². The first kappa shape index (κ1) is 16.0. The van der Waals surface area contributed by atoms with Crippen LogP contribution >= 0.6 is 0 Å². The quantitative estimate of drug-likeness (QED) is 0.688. The van der Waals surface area contributed by atoms with Crippen LogP contribution in [0.25, 0.3) is 0 Å². The SMILES string of the molecule is c1ccc(N(CCCOC2CCCCO2)c2ccccc2)cc1. The normalized spacial score (nSPS) is 17.8. The van der Waals surface area contributed by atoms with Gasteiger partial charge in [0.1, 0.15) is 0 Å². The standard InChI is InChI=1S/C20H25NO2/c1-3-10-18(11-4-1)21(19-12-5-2-6-13-19)15-9-17-23-20-14-7-8-16-22-20/h1-6,10-13,20H,7-9,14-17H2. The number of ether oxygens (including phenoxy) is 2. The molecule has 0 aromatic heterocycles. The van der Waals surface area contributed by atoms with Crippen LogP contribution in [0.2, 0.25) is 0 Å². The van der Waals surface area contributed by atoms with Crippen LogP contribution in [0.3, 0.4) is 0 Å². The lowest BCUT2D eigenvalue weighted by atomic mass is 10.2. The topological polar surface area (TPSA) is 21.7 Å².